The molecule has 2 rings (SSSR count). The standard InChI is InChI=1S/C18H24N4/c1-13(2)17(15-5-4-10-20-11-15)12-21-18(19)22-16-8-6-14(3)7-9-16/h4-11,13,17H,12H2,1-3H3,(H3,19,21,22). The van der Waals surface area contributed by atoms with E-state index >= 15 is 0 Å². The Kier molecular flexibility index (Phi) is 5.53. The van der Waals surface area contributed by atoms with Crippen molar-refractivity contribution in [2.45, 2.75) is 26.7 Å². The quantitative estimate of drug-likeness (QED) is 0.655. The SMILES string of the molecule is Cc1ccc(NC(N)=NCC(c2cccnc2)C(C)C)cc1. The number of guanidine groups is 1. The zero-order chi connectivity index (χ0) is 15.9. The fourth-order valence-electron chi connectivity index (χ4n) is 2.32. The minimum absolute atomic E-state index is 0.312. The van der Waals surface area contributed by atoms with Crippen molar-refractivity contribution in [3.8, 4) is 0 Å². The van der Waals surface area contributed by atoms with E-state index < -0.39 is 0 Å². The lowest BCUT2D eigenvalue weighted by Gasteiger charge is -2.19. The zero-order valence-corrected chi connectivity index (χ0v) is 13.5. The van der Waals surface area contributed by atoms with Crippen molar-refractivity contribution in [1.82, 2.24) is 4.98 Å². The van der Waals surface area contributed by atoms with Gasteiger partial charge in [0.2, 0.25) is 0 Å². The number of rotatable bonds is 5. The average Bonchev–Trinajstić information content (AvgIpc) is 2.50. The first kappa shape index (κ1) is 16.0. The number of nitrogens with one attached hydrogen (secondary N) is 1. The van der Waals surface area contributed by atoms with Crippen LogP contribution in [-0.2, 0) is 0 Å². The molecule has 3 N–H and O–H groups in total. The van der Waals surface area contributed by atoms with Crippen LogP contribution in [0.2, 0.25) is 0 Å². The largest absolute Gasteiger partial charge is 0.370 e. The maximum Gasteiger partial charge on any atom is 0.193 e. The molecule has 0 aliphatic rings. The summed E-state index contributed by atoms with van der Waals surface area (Å²) in [6, 6.07) is 12.1. The lowest BCUT2D eigenvalue weighted by atomic mass is 9.89. The molecule has 0 saturated heterocycles. The molecule has 2 aromatic rings. The molecule has 0 aliphatic heterocycles. The van der Waals surface area contributed by atoms with Gasteiger partial charge in [-0.3, -0.25) is 9.98 Å². The van der Waals surface area contributed by atoms with E-state index in [1.807, 2.05) is 36.5 Å². The lowest BCUT2D eigenvalue weighted by molar-refractivity contribution is 0.506. The van der Waals surface area contributed by atoms with Crippen molar-refractivity contribution in [3.05, 3.63) is 59.9 Å². The molecule has 4 heteroatoms. The van der Waals surface area contributed by atoms with Crippen molar-refractivity contribution in [1.29, 1.82) is 0 Å². The van der Waals surface area contributed by atoms with Crippen LogP contribution in [0.5, 0.6) is 0 Å². The van der Waals surface area contributed by atoms with Crippen LogP contribution in [-0.4, -0.2) is 17.5 Å². The van der Waals surface area contributed by atoms with Gasteiger partial charge < -0.3 is 11.1 Å². The van der Waals surface area contributed by atoms with Gasteiger partial charge in [-0.25, -0.2) is 0 Å². The number of aryl methyl sites for hydroxylation is 1. The van der Waals surface area contributed by atoms with E-state index in [0.29, 0.717) is 24.3 Å². The highest BCUT2D eigenvalue weighted by atomic mass is 15.1. The highest BCUT2D eigenvalue weighted by Crippen LogP contribution is 2.23. The molecular formula is C18H24N4. The number of hydrogen-bond donors (Lipinski definition) is 2. The van der Waals surface area contributed by atoms with E-state index in [0.717, 1.165) is 5.69 Å². The summed E-state index contributed by atoms with van der Waals surface area (Å²) < 4.78 is 0. The number of aliphatic imine (C=N–C) groups is 1. The fourth-order valence-corrected chi connectivity index (χ4v) is 2.32. The van der Waals surface area contributed by atoms with Crippen LogP contribution in [0.1, 0.15) is 30.9 Å². The van der Waals surface area contributed by atoms with Gasteiger partial charge in [-0.2, -0.15) is 0 Å². The minimum atomic E-state index is 0.312. The molecule has 116 valence electrons. The summed E-state index contributed by atoms with van der Waals surface area (Å²) in [6.45, 7) is 7.09. The number of hydrogen-bond acceptors (Lipinski definition) is 2. The molecule has 0 saturated carbocycles. The number of nitrogens with zero attached hydrogens (tertiary/aromatic N) is 2. The van der Waals surface area contributed by atoms with Crippen LogP contribution >= 0.6 is 0 Å². The number of anilines is 1. The van der Waals surface area contributed by atoms with Gasteiger partial charge in [0.15, 0.2) is 5.96 Å². The molecule has 1 heterocycles. The summed E-state index contributed by atoms with van der Waals surface area (Å²) in [5.74, 6) is 1.23. The molecule has 22 heavy (non-hydrogen) atoms. The third kappa shape index (κ3) is 4.58. The Labute approximate surface area is 132 Å². The van der Waals surface area contributed by atoms with Gasteiger partial charge in [0, 0.05) is 30.5 Å². The lowest BCUT2D eigenvalue weighted by Crippen LogP contribution is -2.24. The van der Waals surface area contributed by atoms with Gasteiger partial charge in [0.1, 0.15) is 0 Å². The third-order valence-electron chi connectivity index (χ3n) is 3.70. The molecule has 0 spiro atoms. The zero-order valence-electron chi connectivity index (χ0n) is 13.5. The Hall–Kier alpha value is -2.36. The van der Waals surface area contributed by atoms with Crippen LogP contribution in [0.15, 0.2) is 53.8 Å². The Morgan fingerprint density at radius 2 is 1.95 bits per heavy atom. The number of nitrogens with two attached hydrogens (primary N) is 1. The van der Waals surface area contributed by atoms with Gasteiger partial charge in [-0.05, 0) is 36.6 Å². The molecule has 0 amide bonds. The summed E-state index contributed by atoms with van der Waals surface area (Å²) in [5, 5.41) is 3.13. The molecule has 1 atom stereocenters. The molecule has 4 nitrogen and oxygen atoms in total. The van der Waals surface area contributed by atoms with E-state index in [1.165, 1.54) is 11.1 Å². The summed E-state index contributed by atoms with van der Waals surface area (Å²) in [7, 11) is 0. The summed E-state index contributed by atoms with van der Waals surface area (Å²) >= 11 is 0. The van der Waals surface area contributed by atoms with Crippen LogP contribution < -0.4 is 11.1 Å². The maximum atomic E-state index is 5.99. The molecule has 1 unspecified atom stereocenters. The number of pyridine rings is 1. The second-order valence-corrected chi connectivity index (χ2v) is 5.85. The van der Waals surface area contributed by atoms with Crippen molar-refractivity contribution >= 4 is 11.6 Å². The average molecular weight is 296 g/mol. The highest BCUT2D eigenvalue weighted by Gasteiger charge is 2.15. The first-order valence-corrected chi connectivity index (χ1v) is 7.60. The monoisotopic (exact) mass is 296 g/mol. The molecule has 0 radical (unpaired) electrons. The van der Waals surface area contributed by atoms with Crippen LogP contribution in [0, 0.1) is 12.8 Å². The van der Waals surface area contributed by atoms with E-state index in [9.17, 15) is 0 Å². The van der Waals surface area contributed by atoms with E-state index in [2.05, 4.69) is 42.1 Å². The first-order chi connectivity index (χ1) is 10.6. The predicted molar refractivity (Wildman–Crippen MR) is 93.1 cm³/mol. The number of aromatic nitrogens is 1. The number of benzene rings is 1. The summed E-state index contributed by atoms with van der Waals surface area (Å²) in [5.41, 5.74) is 9.37. The molecular weight excluding hydrogens is 272 g/mol. The maximum absolute atomic E-state index is 5.99. The Morgan fingerprint density at radius 3 is 2.55 bits per heavy atom. The van der Waals surface area contributed by atoms with Gasteiger partial charge in [0.25, 0.3) is 0 Å². The normalized spacial score (nSPS) is 13.2. The second kappa shape index (κ2) is 7.59. The van der Waals surface area contributed by atoms with Crippen LogP contribution in [0.25, 0.3) is 0 Å². The van der Waals surface area contributed by atoms with Crippen LogP contribution in [0.4, 0.5) is 5.69 Å². The Morgan fingerprint density at radius 1 is 1.23 bits per heavy atom. The second-order valence-electron chi connectivity index (χ2n) is 5.85. The fraction of sp³-hybridized carbons (Fsp3) is 0.333. The van der Waals surface area contributed by atoms with Crippen molar-refractivity contribution < 1.29 is 0 Å². The van der Waals surface area contributed by atoms with Crippen molar-refractivity contribution in [2.24, 2.45) is 16.6 Å². The molecule has 1 aromatic carbocycles. The molecule has 0 aliphatic carbocycles. The smallest absolute Gasteiger partial charge is 0.193 e. The van der Waals surface area contributed by atoms with Crippen molar-refractivity contribution in [3.63, 3.8) is 0 Å². The first-order valence-electron chi connectivity index (χ1n) is 7.60. The van der Waals surface area contributed by atoms with E-state index in [1.54, 1.807) is 6.20 Å². The van der Waals surface area contributed by atoms with Gasteiger partial charge in [-0.15, -0.1) is 0 Å². The van der Waals surface area contributed by atoms with Gasteiger partial charge >= 0.3 is 0 Å². The van der Waals surface area contributed by atoms with E-state index in [-0.39, 0.29) is 0 Å². The Bertz CT molecular complexity index is 603. The van der Waals surface area contributed by atoms with Crippen LogP contribution in [0.3, 0.4) is 0 Å². The molecule has 0 fully saturated rings. The van der Waals surface area contributed by atoms with Crippen molar-refractivity contribution in [2.75, 3.05) is 11.9 Å². The summed E-state index contributed by atoms with van der Waals surface area (Å²) in [6.07, 6.45) is 3.70. The van der Waals surface area contributed by atoms with Gasteiger partial charge in [-0.1, -0.05) is 37.6 Å². The predicted octanol–water partition coefficient (Wildman–Crippen LogP) is 3.56. The third-order valence-corrected chi connectivity index (χ3v) is 3.70. The topological polar surface area (TPSA) is 63.3 Å². The Balaban J connectivity index is 2.02. The summed E-state index contributed by atoms with van der Waals surface area (Å²) in [4.78, 5) is 8.69. The molecule has 1 aromatic heterocycles. The highest BCUT2D eigenvalue weighted by molar-refractivity contribution is 5.92. The van der Waals surface area contributed by atoms with Gasteiger partial charge in [0.05, 0.1) is 0 Å². The van der Waals surface area contributed by atoms with E-state index in [4.69, 9.17) is 5.73 Å². The molecule has 0 bridgehead atoms. The minimum Gasteiger partial charge on any atom is -0.370 e.